The van der Waals surface area contributed by atoms with Gasteiger partial charge >= 0.3 is 0 Å². The van der Waals surface area contributed by atoms with Gasteiger partial charge in [0.25, 0.3) is 0 Å². The van der Waals surface area contributed by atoms with Crippen LogP contribution >= 0.6 is 11.6 Å². The molecule has 0 unspecified atom stereocenters. The number of halogens is 1. The van der Waals surface area contributed by atoms with Gasteiger partial charge in [-0.25, -0.2) is 9.97 Å². The minimum atomic E-state index is 0.707. The van der Waals surface area contributed by atoms with Crippen molar-refractivity contribution in [1.82, 2.24) is 14.5 Å². The van der Waals surface area contributed by atoms with Gasteiger partial charge in [-0.3, -0.25) is 4.57 Å². The zero-order valence-electron chi connectivity index (χ0n) is 15.6. The van der Waals surface area contributed by atoms with E-state index in [4.69, 9.17) is 11.6 Å². The Bertz CT molecular complexity index is 1110. The van der Waals surface area contributed by atoms with Crippen molar-refractivity contribution < 1.29 is 0 Å². The van der Waals surface area contributed by atoms with Gasteiger partial charge in [-0.15, -0.1) is 0 Å². The Morgan fingerprint density at radius 1 is 1.00 bits per heavy atom. The van der Waals surface area contributed by atoms with Gasteiger partial charge in [-0.05, 0) is 50.1 Å². The van der Waals surface area contributed by atoms with E-state index in [-0.39, 0.29) is 0 Å². The molecule has 0 atom stereocenters. The maximum Gasteiger partial charge on any atom is 0.150 e. The fraction of sp³-hybridized carbons (Fsp3) is 0.182. The number of aryl methyl sites for hydroxylation is 2. The van der Waals surface area contributed by atoms with E-state index in [0.717, 1.165) is 33.8 Å². The summed E-state index contributed by atoms with van der Waals surface area (Å²) in [6.45, 7) is 7.02. The summed E-state index contributed by atoms with van der Waals surface area (Å²) in [5.74, 6) is 0.849. The lowest BCUT2D eigenvalue weighted by Crippen LogP contribution is -2.03. The van der Waals surface area contributed by atoms with E-state index >= 15 is 0 Å². The summed E-state index contributed by atoms with van der Waals surface area (Å²) in [6.07, 6.45) is 1.61. The third-order valence-corrected chi connectivity index (χ3v) is 5.17. The van der Waals surface area contributed by atoms with Gasteiger partial charge in [0.05, 0.1) is 5.39 Å². The first-order chi connectivity index (χ1) is 13.0. The number of nitrogens with one attached hydrogen (secondary N) is 1. The van der Waals surface area contributed by atoms with Gasteiger partial charge in [-0.2, -0.15) is 0 Å². The second-order valence-electron chi connectivity index (χ2n) is 6.79. The quantitative estimate of drug-likeness (QED) is 0.503. The lowest BCUT2D eigenvalue weighted by molar-refractivity contribution is 1.01. The van der Waals surface area contributed by atoms with Gasteiger partial charge in [0, 0.05) is 22.9 Å². The van der Waals surface area contributed by atoms with Gasteiger partial charge in [0.15, 0.2) is 5.65 Å². The van der Waals surface area contributed by atoms with E-state index < -0.39 is 0 Å². The molecule has 0 radical (unpaired) electrons. The lowest BCUT2D eigenvalue weighted by atomic mass is 10.1. The Labute approximate surface area is 163 Å². The van der Waals surface area contributed by atoms with E-state index in [1.807, 2.05) is 24.3 Å². The molecule has 0 spiro atoms. The zero-order valence-corrected chi connectivity index (χ0v) is 16.4. The van der Waals surface area contributed by atoms with Gasteiger partial charge in [0.1, 0.15) is 12.1 Å². The lowest BCUT2D eigenvalue weighted by Gasteiger charge is -2.09. The first kappa shape index (κ1) is 17.6. The molecule has 5 heteroatoms. The molecule has 2 heterocycles. The molecule has 2 aromatic heterocycles. The molecule has 4 nitrogen and oxygen atoms in total. The highest BCUT2D eigenvalue weighted by Crippen LogP contribution is 2.32. The Morgan fingerprint density at radius 3 is 2.52 bits per heavy atom. The van der Waals surface area contributed by atoms with Crippen LogP contribution < -0.4 is 5.32 Å². The normalized spacial score (nSPS) is 11.1. The van der Waals surface area contributed by atoms with Crippen molar-refractivity contribution in [3.05, 3.63) is 82.3 Å². The largest absolute Gasteiger partial charge is 0.365 e. The molecule has 0 aliphatic heterocycles. The second-order valence-corrected chi connectivity index (χ2v) is 7.22. The minimum absolute atomic E-state index is 0.707. The van der Waals surface area contributed by atoms with Crippen molar-refractivity contribution in [2.24, 2.45) is 0 Å². The fourth-order valence-electron chi connectivity index (χ4n) is 3.36. The topological polar surface area (TPSA) is 42.7 Å². The Hall–Kier alpha value is -2.85. The average Bonchev–Trinajstić information content (AvgIpc) is 2.92. The second kappa shape index (κ2) is 7.05. The molecule has 4 rings (SSSR count). The van der Waals surface area contributed by atoms with Crippen LogP contribution in [0.15, 0.2) is 54.9 Å². The number of fused-ring (bicyclic) bond motifs is 1. The number of hydrogen-bond acceptors (Lipinski definition) is 3. The molecule has 0 aliphatic carbocycles. The number of aromatic nitrogens is 3. The van der Waals surface area contributed by atoms with E-state index in [0.29, 0.717) is 11.6 Å². The Kier molecular flexibility index (Phi) is 4.58. The van der Waals surface area contributed by atoms with E-state index in [1.54, 1.807) is 6.33 Å². The zero-order chi connectivity index (χ0) is 19.0. The van der Waals surface area contributed by atoms with Crippen molar-refractivity contribution in [1.29, 1.82) is 0 Å². The number of nitrogens with zero attached hydrogens (tertiary/aromatic N) is 3. The molecular formula is C22H21ClN4. The number of hydrogen-bond donors (Lipinski definition) is 1. The number of benzene rings is 2. The van der Waals surface area contributed by atoms with Crippen molar-refractivity contribution in [2.45, 2.75) is 27.3 Å². The van der Waals surface area contributed by atoms with Crippen molar-refractivity contribution in [3.63, 3.8) is 0 Å². The maximum absolute atomic E-state index is 6.21. The standard InChI is InChI=1S/C22H21ClN4/c1-14-7-9-17(10-8-14)12-24-21-20-15(2)16(3)27(22(20)26-13-25-21)19-6-4-5-18(23)11-19/h4-11,13H,12H2,1-3H3,(H,24,25,26). The predicted molar refractivity (Wildman–Crippen MR) is 112 cm³/mol. The summed E-state index contributed by atoms with van der Waals surface area (Å²) >= 11 is 6.21. The SMILES string of the molecule is Cc1ccc(CNc2ncnc3c2c(C)c(C)n3-c2cccc(Cl)c2)cc1. The molecule has 136 valence electrons. The third kappa shape index (κ3) is 3.28. The predicted octanol–water partition coefficient (Wildman–Crippen LogP) is 5.61. The highest BCUT2D eigenvalue weighted by molar-refractivity contribution is 6.30. The molecule has 27 heavy (non-hydrogen) atoms. The molecule has 0 aliphatic rings. The van der Waals surface area contributed by atoms with Crippen LogP contribution in [-0.2, 0) is 6.54 Å². The first-order valence-electron chi connectivity index (χ1n) is 8.92. The maximum atomic E-state index is 6.21. The minimum Gasteiger partial charge on any atom is -0.365 e. The van der Waals surface area contributed by atoms with Crippen LogP contribution in [-0.4, -0.2) is 14.5 Å². The summed E-state index contributed by atoms with van der Waals surface area (Å²) in [4.78, 5) is 9.07. The smallest absolute Gasteiger partial charge is 0.150 e. The van der Waals surface area contributed by atoms with Crippen LogP contribution in [0.25, 0.3) is 16.7 Å². The van der Waals surface area contributed by atoms with Crippen LogP contribution in [0.4, 0.5) is 5.82 Å². The average molecular weight is 377 g/mol. The Morgan fingerprint density at radius 2 is 1.78 bits per heavy atom. The Balaban J connectivity index is 1.77. The van der Waals surface area contributed by atoms with Gasteiger partial charge in [0.2, 0.25) is 0 Å². The summed E-state index contributed by atoms with van der Waals surface area (Å²) in [5, 5.41) is 5.23. The van der Waals surface area contributed by atoms with Gasteiger partial charge < -0.3 is 5.32 Å². The van der Waals surface area contributed by atoms with Gasteiger partial charge in [-0.1, -0.05) is 47.5 Å². The fourth-order valence-corrected chi connectivity index (χ4v) is 3.54. The molecule has 4 aromatic rings. The van der Waals surface area contributed by atoms with E-state index in [9.17, 15) is 0 Å². The molecule has 0 saturated carbocycles. The highest BCUT2D eigenvalue weighted by atomic mass is 35.5. The summed E-state index contributed by atoms with van der Waals surface area (Å²) in [7, 11) is 0. The van der Waals surface area contributed by atoms with Crippen molar-refractivity contribution in [2.75, 3.05) is 5.32 Å². The summed E-state index contributed by atoms with van der Waals surface area (Å²) < 4.78 is 2.13. The first-order valence-corrected chi connectivity index (χ1v) is 9.30. The summed E-state index contributed by atoms with van der Waals surface area (Å²) in [6, 6.07) is 16.3. The van der Waals surface area contributed by atoms with Crippen molar-refractivity contribution in [3.8, 4) is 5.69 Å². The van der Waals surface area contributed by atoms with Crippen molar-refractivity contribution >= 4 is 28.5 Å². The van der Waals surface area contributed by atoms with Crippen LogP contribution in [0.3, 0.4) is 0 Å². The van der Waals surface area contributed by atoms with Crippen LogP contribution in [0.5, 0.6) is 0 Å². The van der Waals surface area contributed by atoms with E-state index in [2.05, 4.69) is 64.9 Å². The number of anilines is 1. The van der Waals surface area contributed by atoms with Crippen LogP contribution in [0, 0.1) is 20.8 Å². The molecule has 0 bridgehead atoms. The molecular weight excluding hydrogens is 356 g/mol. The molecule has 1 N–H and O–H groups in total. The molecule has 2 aromatic carbocycles. The molecule has 0 amide bonds. The monoisotopic (exact) mass is 376 g/mol. The summed E-state index contributed by atoms with van der Waals surface area (Å²) in [5.41, 5.74) is 6.65. The van der Waals surface area contributed by atoms with Crippen LogP contribution in [0.2, 0.25) is 5.02 Å². The number of rotatable bonds is 4. The third-order valence-electron chi connectivity index (χ3n) is 4.94. The van der Waals surface area contributed by atoms with Crippen LogP contribution in [0.1, 0.15) is 22.4 Å². The molecule has 0 fully saturated rings. The molecule has 0 saturated heterocycles. The highest BCUT2D eigenvalue weighted by Gasteiger charge is 2.17. The van der Waals surface area contributed by atoms with E-state index in [1.165, 1.54) is 11.1 Å².